The lowest BCUT2D eigenvalue weighted by Gasteiger charge is -2.31. The summed E-state index contributed by atoms with van der Waals surface area (Å²) in [4.78, 5) is 14.1. The van der Waals surface area contributed by atoms with E-state index in [2.05, 4.69) is 23.5 Å². The monoisotopic (exact) mass is 516 g/mol. The van der Waals surface area contributed by atoms with Gasteiger partial charge in [-0.1, -0.05) is 42.5 Å². The SMILES string of the molecule is CC(C)Oc1cccc(C2CCN(C(=O)Oc3ccccc3)CC2)c1.Oc1cccc(C2CCNCC2)c1. The summed E-state index contributed by atoms with van der Waals surface area (Å²) in [5.74, 6) is 2.98. The predicted molar refractivity (Wildman–Crippen MR) is 151 cm³/mol. The molecule has 6 heteroatoms. The first-order chi connectivity index (χ1) is 18.5. The number of carbonyl (C=O) groups excluding carboxylic acids is 1. The molecule has 0 aromatic heterocycles. The second kappa shape index (κ2) is 13.9. The van der Waals surface area contributed by atoms with Gasteiger partial charge in [-0.05, 0) is 112 Å². The van der Waals surface area contributed by atoms with Gasteiger partial charge in [0.25, 0.3) is 0 Å². The van der Waals surface area contributed by atoms with Crippen molar-refractivity contribution in [2.75, 3.05) is 26.2 Å². The molecule has 2 aliphatic heterocycles. The fourth-order valence-corrected chi connectivity index (χ4v) is 5.10. The maximum Gasteiger partial charge on any atom is 0.415 e. The van der Waals surface area contributed by atoms with Crippen LogP contribution in [0, 0.1) is 0 Å². The molecule has 3 aromatic rings. The quantitative estimate of drug-likeness (QED) is 0.394. The van der Waals surface area contributed by atoms with E-state index in [1.807, 2.05) is 56.3 Å². The summed E-state index contributed by atoms with van der Waals surface area (Å²) in [5.41, 5.74) is 2.57. The van der Waals surface area contributed by atoms with Gasteiger partial charge in [-0.2, -0.15) is 0 Å². The molecule has 0 unspecified atom stereocenters. The molecule has 2 fully saturated rings. The van der Waals surface area contributed by atoms with Crippen molar-refractivity contribution in [2.24, 2.45) is 0 Å². The number of aromatic hydroxyl groups is 1. The molecule has 2 saturated heterocycles. The zero-order valence-corrected chi connectivity index (χ0v) is 22.5. The standard InChI is InChI=1S/C21H25NO3.C11H15NO/c1-16(2)24-20-10-6-7-18(15-20)17-11-13-22(14-12-17)21(23)25-19-8-4-3-5-9-19;13-11-3-1-2-10(8-11)9-4-6-12-7-5-9/h3-10,15-17H,11-14H2,1-2H3;1-3,8-9,12-13H,4-7H2. The molecule has 5 rings (SSSR count). The number of likely N-dealkylation sites (tertiary alicyclic amines) is 1. The Bertz CT molecular complexity index is 1140. The first-order valence-corrected chi connectivity index (χ1v) is 13.8. The van der Waals surface area contributed by atoms with Crippen LogP contribution in [0.2, 0.25) is 0 Å². The number of phenolic OH excluding ortho intramolecular Hbond substituents is 1. The molecule has 6 nitrogen and oxygen atoms in total. The third-order valence-corrected chi connectivity index (χ3v) is 7.08. The first kappa shape index (κ1) is 27.5. The smallest absolute Gasteiger partial charge is 0.415 e. The van der Waals surface area contributed by atoms with Gasteiger partial charge in [-0.3, -0.25) is 0 Å². The highest BCUT2D eigenvalue weighted by Gasteiger charge is 2.25. The Balaban J connectivity index is 0.000000216. The minimum absolute atomic E-state index is 0.171. The van der Waals surface area contributed by atoms with Crippen LogP contribution in [0.1, 0.15) is 62.5 Å². The Hall–Kier alpha value is -3.51. The summed E-state index contributed by atoms with van der Waals surface area (Å²) >= 11 is 0. The summed E-state index contributed by atoms with van der Waals surface area (Å²) < 4.78 is 11.2. The summed E-state index contributed by atoms with van der Waals surface area (Å²) in [5, 5.41) is 12.7. The van der Waals surface area contributed by atoms with E-state index in [1.165, 1.54) is 24.0 Å². The zero-order chi connectivity index (χ0) is 26.7. The van der Waals surface area contributed by atoms with Gasteiger partial charge in [0.05, 0.1) is 6.10 Å². The van der Waals surface area contributed by atoms with Crippen molar-refractivity contribution in [2.45, 2.75) is 57.5 Å². The van der Waals surface area contributed by atoms with Crippen LogP contribution in [0.5, 0.6) is 17.2 Å². The Morgan fingerprint density at radius 1 is 0.816 bits per heavy atom. The molecule has 0 radical (unpaired) electrons. The van der Waals surface area contributed by atoms with Gasteiger partial charge in [0.1, 0.15) is 17.2 Å². The molecule has 2 aliphatic rings. The van der Waals surface area contributed by atoms with Crippen molar-refractivity contribution < 1.29 is 19.4 Å². The van der Waals surface area contributed by atoms with Crippen molar-refractivity contribution in [3.05, 3.63) is 90.0 Å². The molecular formula is C32H40N2O4. The first-order valence-electron chi connectivity index (χ1n) is 13.8. The molecule has 0 bridgehead atoms. The Morgan fingerprint density at radius 3 is 2.08 bits per heavy atom. The maximum absolute atomic E-state index is 12.3. The summed E-state index contributed by atoms with van der Waals surface area (Å²) in [6.45, 7) is 7.69. The van der Waals surface area contributed by atoms with Gasteiger partial charge < -0.3 is 24.8 Å². The number of phenols is 1. The van der Waals surface area contributed by atoms with E-state index in [9.17, 15) is 9.90 Å². The number of piperidine rings is 2. The van der Waals surface area contributed by atoms with Gasteiger partial charge in [-0.15, -0.1) is 0 Å². The second-order valence-electron chi connectivity index (χ2n) is 10.3. The van der Waals surface area contributed by atoms with Gasteiger partial charge in [-0.25, -0.2) is 4.79 Å². The van der Waals surface area contributed by atoms with E-state index in [4.69, 9.17) is 9.47 Å². The minimum Gasteiger partial charge on any atom is -0.508 e. The van der Waals surface area contributed by atoms with E-state index in [0.717, 1.165) is 31.7 Å². The molecule has 0 atom stereocenters. The van der Waals surface area contributed by atoms with Crippen LogP contribution < -0.4 is 14.8 Å². The van der Waals surface area contributed by atoms with Crippen LogP contribution in [-0.2, 0) is 0 Å². The van der Waals surface area contributed by atoms with Crippen molar-refractivity contribution in [1.82, 2.24) is 10.2 Å². The van der Waals surface area contributed by atoms with Gasteiger partial charge in [0.2, 0.25) is 0 Å². The topological polar surface area (TPSA) is 71.0 Å². The van der Waals surface area contributed by atoms with E-state index in [0.29, 0.717) is 36.4 Å². The van der Waals surface area contributed by atoms with Crippen LogP contribution >= 0.6 is 0 Å². The van der Waals surface area contributed by atoms with Crippen LogP contribution in [0.25, 0.3) is 0 Å². The number of amides is 1. The number of ether oxygens (including phenoxy) is 2. The van der Waals surface area contributed by atoms with Crippen molar-refractivity contribution >= 4 is 6.09 Å². The zero-order valence-electron chi connectivity index (χ0n) is 22.5. The lowest BCUT2D eigenvalue weighted by atomic mass is 9.89. The molecule has 0 aliphatic carbocycles. The highest BCUT2D eigenvalue weighted by molar-refractivity contribution is 5.70. The number of para-hydroxylation sites is 1. The summed E-state index contributed by atoms with van der Waals surface area (Å²) in [6, 6.07) is 25.2. The molecule has 3 aromatic carbocycles. The number of hydrogen-bond acceptors (Lipinski definition) is 5. The summed E-state index contributed by atoms with van der Waals surface area (Å²) in [7, 11) is 0. The molecule has 1 amide bonds. The molecule has 202 valence electrons. The number of nitrogens with zero attached hydrogens (tertiary/aromatic N) is 1. The van der Waals surface area contributed by atoms with Crippen LogP contribution in [0.15, 0.2) is 78.9 Å². The Morgan fingerprint density at radius 2 is 1.42 bits per heavy atom. The molecule has 0 saturated carbocycles. The highest BCUT2D eigenvalue weighted by atomic mass is 16.6. The molecule has 38 heavy (non-hydrogen) atoms. The molecular weight excluding hydrogens is 476 g/mol. The normalized spacial score (nSPS) is 16.4. The molecule has 2 N–H and O–H groups in total. The van der Waals surface area contributed by atoms with E-state index >= 15 is 0 Å². The minimum atomic E-state index is -0.262. The van der Waals surface area contributed by atoms with E-state index < -0.39 is 0 Å². The lowest BCUT2D eigenvalue weighted by molar-refractivity contribution is 0.138. The van der Waals surface area contributed by atoms with E-state index in [1.54, 1.807) is 23.1 Å². The Kier molecular flexibility index (Phi) is 10.0. The predicted octanol–water partition coefficient (Wildman–Crippen LogP) is 6.71. The van der Waals surface area contributed by atoms with Gasteiger partial charge in [0.15, 0.2) is 0 Å². The molecule has 2 heterocycles. The average Bonchev–Trinajstić information content (AvgIpc) is 2.94. The van der Waals surface area contributed by atoms with Crippen LogP contribution in [-0.4, -0.2) is 48.4 Å². The average molecular weight is 517 g/mol. The fraction of sp³-hybridized carbons (Fsp3) is 0.406. The lowest BCUT2D eigenvalue weighted by Crippen LogP contribution is -2.39. The number of nitrogens with one attached hydrogen (secondary N) is 1. The van der Waals surface area contributed by atoms with Crippen LogP contribution in [0.4, 0.5) is 4.79 Å². The van der Waals surface area contributed by atoms with Crippen LogP contribution in [0.3, 0.4) is 0 Å². The number of carbonyl (C=O) groups is 1. The highest BCUT2D eigenvalue weighted by Crippen LogP contribution is 2.31. The third-order valence-electron chi connectivity index (χ3n) is 7.08. The second-order valence-corrected chi connectivity index (χ2v) is 10.3. The third kappa shape index (κ3) is 8.25. The largest absolute Gasteiger partial charge is 0.508 e. The van der Waals surface area contributed by atoms with Gasteiger partial charge in [0, 0.05) is 13.1 Å². The van der Waals surface area contributed by atoms with Crippen molar-refractivity contribution in [3.63, 3.8) is 0 Å². The molecule has 0 spiro atoms. The Labute approximate surface area is 226 Å². The number of benzene rings is 3. The fourth-order valence-electron chi connectivity index (χ4n) is 5.10. The van der Waals surface area contributed by atoms with Gasteiger partial charge >= 0.3 is 6.09 Å². The number of hydrogen-bond donors (Lipinski definition) is 2. The number of rotatable bonds is 5. The van der Waals surface area contributed by atoms with Crippen molar-refractivity contribution in [3.8, 4) is 17.2 Å². The van der Waals surface area contributed by atoms with E-state index in [-0.39, 0.29) is 12.2 Å². The van der Waals surface area contributed by atoms with Crippen molar-refractivity contribution in [1.29, 1.82) is 0 Å². The maximum atomic E-state index is 12.3. The summed E-state index contributed by atoms with van der Waals surface area (Å²) in [6.07, 6.45) is 4.16.